The third kappa shape index (κ3) is 4.57. The monoisotopic (exact) mass is 458 g/mol. The third-order valence-electron chi connectivity index (χ3n) is 6.05. The largest absolute Gasteiger partial charge is 0.372 e. The molecule has 0 saturated carbocycles. The Kier molecular flexibility index (Phi) is 6.77. The molecule has 2 aromatic heterocycles. The van der Waals surface area contributed by atoms with Crippen LogP contribution in [-0.4, -0.2) is 38.3 Å². The Morgan fingerprint density at radius 2 is 1.79 bits per heavy atom. The van der Waals surface area contributed by atoms with Gasteiger partial charge in [0, 0.05) is 37.4 Å². The van der Waals surface area contributed by atoms with E-state index in [4.69, 9.17) is 0 Å². The van der Waals surface area contributed by atoms with Gasteiger partial charge in [-0.1, -0.05) is 18.2 Å². The molecule has 1 amide bonds. The molecule has 0 bridgehead atoms. The summed E-state index contributed by atoms with van der Waals surface area (Å²) >= 11 is 0. The summed E-state index contributed by atoms with van der Waals surface area (Å²) in [6, 6.07) is 15.6. The fourth-order valence-electron chi connectivity index (χ4n) is 4.13. The van der Waals surface area contributed by atoms with Crippen LogP contribution in [0.5, 0.6) is 0 Å². The van der Waals surface area contributed by atoms with Crippen molar-refractivity contribution in [2.24, 2.45) is 0 Å². The maximum absolute atomic E-state index is 13.1. The molecule has 4 aromatic rings. The average Bonchev–Trinajstić information content (AvgIpc) is 3.26. The first kappa shape index (κ1) is 23.2. The lowest BCUT2D eigenvalue weighted by atomic mass is 10.1. The van der Waals surface area contributed by atoms with Gasteiger partial charge in [0.15, 0.2) is 5.65 Å². The van der Waals surface area contributed by atoms with Gasteiger partial charge >= 0.3 is 0 Å². The Morgan fingerprint density at radius 3 is 2.47 bits per heavy atom. The van der Waals surface area contributed by atoms with E-state index >= 15 is 0 Å². The van der Waals surface area contributed by atoms with Crippen LogP contribution in [0.4, 0.5) is 11.4 Å². The number of nitrogens with one attached hydrogen (secondary N) is 1. The zero-order valence-electron chi connectivity index (χ0n) is 20.1. The van der Waals surface area contributed by atoms with Gasteiger partial charge in [0.25, 0.3) is 5.56 Å². The number of benzene rings is 2. The highest BCUT2D eigenvalue weighted by Crippen LogP contribution is 2.23. The second-order valence-corrected chi connectivity index (χ2v) is 8.21. The van der Waals surface area contributed by atoms with E-state index in [9.17, 15) is 9.59 Å². The number of fused-ring (bicyclic) bond motifs is 1. The molecule has 0 aliphatic heterocycles. The second kappa shape index (κ2) is 9.91. The van der Waals surface area contributed by atoms with Crippen LogP contribution in [0.3, 0.4) is 0 Å². The fourth-order valence-corrected chi connectivity index (χ4v) is 4.13. The summed E-state index contributed by atoms with van der Waals surface area (Å²) in [5.74, 6) is 0.396. The molecule has 0 fully saturated rings. The number of hydrogen-bond donors (Lipinski definition) is 1. The Hall–Kier alpha value is -3.94. The molecule has 0 atom stereocenters. The quantitative estimate of drug-likeness (QED) is 0.430. The van der Waals surface area contributed by atoms with Crippen LogP contribution < -0.4 is 15.8 Å². The Labute approximate surface area is 198 Å². The van der Waals surface area contributed by atoms with Gasteiger partial charge in [0.05, 0.1) is 11.9 Å². The van der Waals surface area contributed by atoms with Gasteiger partial charge in [-0.3, -0.25) is 14.2 Å². The minimum absolute atomic E-state index is 0.148. The van der Waals surface area contributed by atoms with E-state index < -0.39 is 0 Å². The molecular formula is C26H30N6O2. The molecule has 0 aliphatic rings. The summed E-state index contributed by atoms with van der Waals surface area (Å²) in [6.07, 6.45) is 1.70. The molecule has 4 rings (SSSR count). The van der Waals surface area contributed by atoms with Gasteiger partial charge in [-0.05, 0) is 63.6 Å². The number of anilines is 2. The summed E-state index contributed by atoms with van der Waals surface area (Å²) in [6.45, 7) is 10.1. The summed E-state index contributed by atoms with van der Waals surface area (Å²) in [5, 5.41) is 7.76. The van der Waals surface area contributed by atoms with E-state index in [0.29, 0.717) is 16.9 Å². The molecule has 0 saturated heterocycles. The van der Waals surface area contributed by atoms with Crippen LogP contribution in [-0.2, 0) is 11.3 Å². The molecule has 1 N–H and O–H groups in total. The number of para-hydroxylation sites is 1. The van der Waals surface area contributed by atoms with Gasteiger partial charge in [0.1, 0.15) is 11.2 Å². The van der Waals surface area contributed by atoms with Crippen molar-refractivity contribution in [1.29, 1.82) is 0 Å². The van der Waals surface area contributed by atoms with Crippen molar-refractivity contribution in [3.8, 4) is 5.69 Å². The highest BCUT2D eigenvalue weighted by Gasteiger charge is 2.15. The van der Waals surface area contributed by atoms with Gasteiger partial charge < -0.3 is 10.2 Å². The van der Waals surface area contributed by atoms with E-state index in [1.54, 1.807) is 11.6 Å². The number of rotatable bonds is 8. The SMILES string of the molecule is CCN(CC)c1ccc(NC(=O)CCn2c(C)nc3c(cnn3-c3ccccc3)c2=O)c(C)c1. The van der Waals surface area contributed by atoms with E-state index in [1.807, 2.05) is 49.4 Å². The Bertz CT molecular complexity index is 1370. The van der Waals surface area contributed by atoms with Crippen molar-refractivity contribution >= 4 is 28.3 Å². The standard InChI is InChI=1S/C26H30N6O2/c1-5-30(6-2)21-12-13-23(18(3)16-21)29-24(33)14-15-31-19(4)28-25-22(26(31)34)17-27-32(25)20-10-8-7-9-11-20/h7-13,16-17H,5-6,14-15H2,1-4H3,(H,29,33). The number of aryl methyl sites for hydroxylation is 2. The maximum atomic E-state index is 13.1. The lowest BCUT2D eigenvalue weighted by Crippen LogP contribution is -2.26. The highest BCUT2D eigenvalue weighted by molar-refractivity contribution is 5.91. The van der Waals surface area contributed by atoms with Gasteiger partial charge in [0.2, 0.25) is 5.91 Å². The van der Waals surface area contributed by atoms with Crippen LogP contribution in [0.2, 0.25) is 0 Å². The molecule has 0 spiro atoms. The van der Waals surface area contributed by atoms with Gasteiger partial charge in [-0.15, -0.1) is 0 Å². The fraction of sp³-hybridized carbons (Fsp3) is 0.308. The average molecular weight is 459 g/mol. The minimum Gasteiger partial charge on any atom is -0.372 e. The van der Waals surface area contributed by atoms with Crippen molar-refractivity contribution in [2.75, 3.05) is 23.3 Å². The number of carbonyl (C=O) groups excluding carboxylic acids is 1. The summed E-state index contributed by atoms with van der Waals surface area (Å²) < 4.78 is 3.20. The molecule has 176 valence electrons. The number of hydrogen-bond acceptors (Lipinski definition) is 5. The molecule has 0 aliphatic carbocycles. The second-order valence-electron chi connectivity index (χ2n) is 8.21. The highest BCUT2D eigenvalue weighted by atomic mass is 16.2. The number of amides is 1. The normalized spacial score (nSPS) is 11.1. The molecule has 34 heavy (non-hydrogen) atoms. The zero-order valence-corrected chi connectivity index (χ0v) is 20.1. The predicted molar refractivity (Wildman–Crippen MR) is 136 cm³/mol. The maximum Gasteiger partial charge on any atom is 0.264 e. The summed E-state index contributed by atoms with van der Waals surface area (Å²) in [5.41, 5.74) is 4.07. The zero-order chi connectivity index (χ0) is 24.2. The Balaban J connectivity index is 1.49. The van der Waals surface area contributed by atoms with Crippen molar-refractivity contribution in [3.63, 3.8) is 0 Å². The lowest BCUT2D eigenvalue weighted by molar-refractivity contribution is -0.116. The lowest BCUT2D eigenvalue weighted by Gasteiger charge is -2.22. The van der Waals surface area contributed by atoms with Crippen LogP contribution in [0.15, 0.2) is 59.5 Å². The van der Waals surface area contributed by atoms with Crippen molar-refractivity contribution in [1.82, 2.24) is 19.3 Å². The van der Waals surface area contributed by atoms with E-state index in [0.717, 1.165) is 35.7 Å². The predicted octanol–water partition coefficient (Wildman–Crippen LogP) is 4.07. The number of nitrogens with zero attached hydrogens (tertiary/aromatic N) is 5. The summed E-state index contributed by atoms with van der Waals surface area (Å²) in [4.78, 5) is 32.7. The van der Waals surface area contributed by atoms with Gasteiger partial charge in [-0.2, -0.15) is 5.10 Å². The van der Waals surface area contributed by atoms with Gasteiger partial charge in [-0.25, -0.2) is 9.67 Å². The number of carbonyl (C=O) groups is 1. The molecular weight excluding hydrogens is 428 g/mol. The first-order chi connectivity index (χ1) is 16.4. The van der Waals surface area contributed by atoms with Crippen LogP contribution >= 0.6 is 0 Å². The van der Waals surface area contributed by atoms with E-state index in [1.165, 1.54) is 10.8 Å². The molecule has 2 aromatic carbocycles. The minimum atomic E-state index is -0.197. The topological polar surface area (TPSA) is 85.1 Å². The third-order valence-corrected chi connectivity index (χ3v) is 6.05. The molecule has 2 heterocycles. The van der Waals surface area contributed by atoms with Crippen LogP contribution in [0.1, 0.15) is 31.7 Å². The first-order valence-electron chi connectivity index (χ1n) is 11.6. The Morgan fingerprint density at radius 1 is 1.06 bits per heavy atom. The van der Waals surface area contributed by atoms with E-state index in [-0.39, 0.29) is 24.4 Å². The van der Waals surface area contributed by atoms with Crippen LogP contribution in [0, 0.1) is 13.8 Å². The molecule has 0 radical (unpaired) electrons. The smallest absolute Gasteiger partial charge is 0.264 e. The van der Waals surface area contributed by atoms with Crippen LogP contribution in [0.25, 0.3) is 16.7 Å². The molecule has 8 nitrogen and oxygen atoms in total. The van der Waals surface area contributed by atoms with Crippen molar-refractivity contribution < 1.29 is 4.79 Å². The van der Waals surface area contributed by atoms with Crippen molar-refractivity contribution in [3.05, 3.63) is 76.5 Å². The first-order valence-corrected chi connectivity index (χ1v) is 11.6. The number of aromatic nitrogens is 4. The van der Waals surface area contributed by atoms with E-state index in [2.05, 4.69) is 40.2 Å². The molecule has 0 unspecified atom stereocenters. The van der Waals surface area contributed by atoms with Crippen molar-refractivity contribution in [2.45, 2.75) is 40.7 Å². The summed E-state index contributed by atoms with van der Waals surface area (Å²) in [7, 11) is 0. The molecule has 8 heteroatoms.